The highest BCUT2D eigenvalue weighted by atomic mass is 31.2. The number of hydrogen-bond acceptors (Lipinski definition) is 14. The van der Waals surface area contributed by atoms with E-state index in [2.05, 4.69) is 227 Å². The first-order valence-corrected chi connectivity index (χ1v) is 59.4. The highest BCUT2D eigenvalue weighted by Crippen LogP contribution is 2.45. The molecular weight excluding hydrogens is 1770 g/mol. The molecule has 16 nitrogen and oxygen atoms in total. The van der Waals surface area contributed by atoms with Crippen molar-refractivity contribution in [3.05, 3.63) is 207 Å². The Balaban J connectivity index is 4.61. The summed E-state index contributed by atoms with van der Waals surface area (Å²) in [5.41, 5.74) is 0. The van der Waals surface area contributed by atoms with Gasteiger partial charge >= 0.3 is 33.6 Å². The van der Waals surface area contributed by atoms with Gasteiger partial charge in [-0.15, -0.1) is 0 Å². The number of hydrogen-bond donors (Lipinski definition) is 4. The average Bonchev–Trinajstić information content (AvgIpc) is 0.891. The van der Waals surface area contributed by atoms with Crippen molar-refractivity contribution < 1.29 is 75.8 Å². The van der Waals surface area contributed by atoms with Crippen LogP contribution in [0.25, 0.3) is 0 Å². The second kappa shape index (κ2) is 111. The van der Waals surface area contributed by atoms with Crippen molar-refractivity contribution in [3.63, 3.8) is 0 Å². The van der Waals surface area contributed by atoms with Gasteiger partial charge in [-0.05, 0) is 167 Å². The van der Waals surface area contributed by atoms with Crippen molar-refractivity contribution in [1.82, 2.24) is 0 Å². The second-order valence-corrected chi connectivity index (χ2v) is 40.3. The van der Waals surface area contributed by atoms with Crippen LogP contribution >= 0.6 is 15.6 Å². The van der Waals surface area contributed by atoms with E-state index in [1.807, 2.05) is 0 Å². The number of carbonyl (C=O) groups excluding carboxylic acids is 3. The smallest absolute Gasteiger partial charge is 0.463 e. The Morgan fingerprint density at radius 1 is 0.201 bits per heavy atom. The van der Waals surface area contributed by atoms with Crippen LogP contribution in [0.15, 0.2) is 207 Å². The SMILES string of the molecule is CC/C=C\C/C=C\C/C=C\C/C=C\C/C=C\C/C=C\CCCCCCCCCCCCCCCCCCC(=O)OCC(O)COP(=O)(O)OCC(O)COP(=O)(O)OCC(COC(=O)CCCCCCCCCCCCCCCCCCCCC/C=C\C/C=C\C/C=C\C/C=C\C/C=C\CC)OC(=O)CCCCCCCCCCCCCCCC/C=C\C/C=C\C/C=C\C/C=C\C/C=C\C/C=C\CC. The maximum atomic E-state index is 13.2. The normalized spacial score (nSPS) is 14.3. The van der Waals surface area contributed by atoms with Crippen LogP contribution in [0, 0.1) is 0 Å². The first kappa shape index (κ1) is 133. The molecule has 0 saturated heterocycles. The molecule has 4 N–H and O–H groups in total. The number of aliphatic hydroxyl groups excluding tert-OH is 2. The lowest BCUT2D eigenvalue weighted by Gasteiger charge is -2.21. The van der Waals surface area contributed by atoms with Crippen molar-refractivity contribution in [1.29, 1.82) is 0 Å². The Hall–Kier alpha value is -5.87. The molecule has 0 aromatic heterocycles. The highest BCUT2D eigenvalue weighted by molar-refractivity contribution is 7.47. The van der Waals surface area contributed by atoms with E-state index in [-0.39, 0.29) is 19.3 Å². The fraction of sp³-hybridized carbons (Fsp3) is 0.694. The zero-order valence-electron chi connectivity index (χ0n) is 88.6. The number of allylic oxidation sites excluding steroid dienone is 34. The Morgan fingerprint density at radius 3 is 0.568 bits per heavy atom. The molecule has 0 saturated carbocycles. The summed E-state index contributed by atoms with van der Waals surface area (Å²) in [6.07, 6.45) is 152. The van der Waals surface area contributed by atoms with Crippen molar-refractivity contribution >= 4 is 33.6 Å². The predicted octanol–water partition coefficient (Wildman–Crippen LogP) is 36.6. The minimum atomic E-state index is -4.95. The zero-order valence-corrected chi connectivity index (χ0v) is 90.4. The minimum Gasteiger partial charge on any atom is -0.463 e. The number of carbonyl (C=O) groups is 3. The lowest BCUT2D eigenvalue weighted by molar-refractivity contribution is -0.161. The molecule has 139 heavy (non-hydrogen) atoms. The largest absolute Gasteiger partial charge is 0.472 e. The summed E-state index contributed by atoms with van der Waals surface area (Å²) in [6, 6.07) is 0. The van der Waals surface area contributed by atoms with E-state index < -0.39 is 91.5 Å². The van der Waals surface area contributed by atoms with Crippen molar-refractivity contribution in [3.8, 4) is 0 Å². The minimum absolute atomic E-state index is 0.101. The quantitative estimate of drug-likeness (QED) is 0.0146. The summed E-state index contributed by atoms with van der Waals surface area (Å²) in [6.45, 7) is 2.43. The van der Waals surface area contributed by atoms with Crippen LogP contribution in [0.3, 0.4) is 0 Å². The molecule has 18 heteroatoms. The first-order valence-electron chi connectivity index (χ1n) is 56.4. The van der Waals surface area contributed by atoms with Gasteiger partial charge in [0.1, 0.15) is 25.4 Å². The van der Waals surface area contributed by atoms with E-state index in [9.17, 15) is 43.5 Å². The Bertz CT molecular complexity index is 3360. The van der Waals surface area contributed by atoms with Crippen LogP contribution < -0.4 is 0 Å². The van der Waals surface area contributed by atoms with Gasteiger partial charge in [0, 0.05) is 19.3 Å². The molecule has 0 spiro atoms. The Morgan fingerprint density at radius 2 is 0.360 bits per heavy atom. The number of unbranched alkanes of at least 4 members (excludes halogenated alkanes) is 49. The Labute approximate surface area is 851 Å². The lowest BCUT2D eigenvalue weighted by Crippen LogP contribution is -2.30. The summed E-state index contributed by atoms with van der Waals surface area (Å²) in [5.74, 6) is -1.55. The van der Waals surface area contributed by atoms with Gasteiger partial charge in [-0.1, -0.05) is 503 Å². The third-order valence-electron chi connectivity index (χ3n) is 24.0. The second-order valence-electron chi connectivity index (χ2n) is 37.4. The highest BCUT2D eigenvalue weighted by Gasteiger charge is 2.30. The molecule has 0 aromatic carbocycles. The Kier molecular flexibility index (Phi) is 106. The topological polar surface area (TPSA) is 231 Å². The van der Waals surface area contributed by atoms with Crippen molar-refractivity contribution in [2.45, 2.75) is 501 Å². The van der Waals surface area contributed by atoms with Gasteiger partial charge in [-0.2, -0.15) is 0 Å². The van der Waals surface area contributed by atoms with Gasteiger partial charge < -0.3 is 34.2 Å². The van der Waals surface area contributed by atoms with E-state index >= 15 is 0 Å². The summed E-state index contributed by atoms with van der Waals surface area (Å²) >= 11 is 0. The molecule has 0 amide bonds. The molecule has 0 aromatic rings. The monoisotopic (exact) mass is 1980 g/mol. The van der Waals surface area contributed by atoms with Crippen molar-refractivity contribution in [2.75, 3.05) is 39.6 Å². The lowest BCUT2D eigenvalue weighted by atomic mass is 10.0. The van der Waals surface area contributed by atoms with E-state index in [1.54, 1.807) is 0 Å². The first-order chi connectivity index (χ1) is 68.2. The number of phosphoric ester groups is 2. The molecule has 0 radical (unpaired) electrons. The van der Waals surface area contributed by atoms with Crippen molar-refractivity contribution in [2.24, 2.45) is 0 Å². The van der Waals surface area contributed by atoms with Crippen LogP contribution in [0.1, 0.15) is 483 Å². The van der Waals surface area contributed by atoms with Gasteiger partial charge in [-0.25, -0.2) is 9.13 Å². The summed E-state index contributed by atoms with van der Waals surface area (Å²) in [5, 5.41) is 20.9. The van der Waals surface area contributed by atoms with E-state index in [0.717, 1.165) is 180 Å². The number of aliphatic hydroxyl groups is 2. The molecule has 0 aliphatic rings. The fourth-order valence-electron chi connectivity index (χ4n) is 15.6. The fourth-order valence-corrected chi connectivity index (χ4v) is 17.2. The van der Waals surface area contributed by atoms with Crippen LogP contribution in [0.2, 0.25) is 0 Å². The van der Waals surface area contributed by atoms with Gasteiger partial charge in [0.2, 0.25) is 0 Å². The van der Waals surface area contributed by atoms with Crippen LogP contribution in [-0.2, 0) is 55.8 Å². The van der Waals surface area contributed by atoms with E-state index in [0.29, 0.717) is 19.3 Å². The van der Waals surface area contributed by atoms with Gasteiger partial charge in [-0.3, -0.25) is 32.5 Å². The predicted molar refractivity (Wildman–Crippen MR) is 592 cm³/mol. The number of esters is 3. The standard InChI is InChI=1S/C121H206O16P2/c1-4-7-10-13-16-19-22-25-28-31-34-37-40-43-46-49-52-55-57-60-62-65-68-71-74-77-80-83-86-89-92-95-98-101-104-107-119(124)131-110-116(122)111-133-138(127,128)134-112-117(123)113-135-139(129,130)136-115-118(137-121(126)109-106-103-100-97-94-91-88-85-82-79-76-73-70-67-64-59-54-51-48-45-42-39-36-33-30-27-24-21-18-15-12-9-6-3)114-132-120(125)108-105-102-99-96-93-90-87-84-81-78-75-72-69-66-63-61-58-56-53-50-47-44-41-38-35-32-29-26-23-20-17-14-11-8-5-2/h7-12,16-21,25-30,34-39,43-48,52,54-55,59,116-118,122-123H,4-6,13-15,22-24,31-33,40-42,49-51,53,56-58,60-115H2,1-3H3,(H,127,128)(H,129,130)/b10-7-,11-8-,12-9-,19-16-,20-17-,21-18-,28-25-,29-26-,30-27-,37-34-,38-35-,39-36-,46-43-,47-44-,48-45-,55-52-,59-54-. The van der Waals surface area contributed by atoms with Gasteiger partial charge in [0.05, 0.1) is 26.4 Å². The number of ether oxygens (including phenoxy) is 3. The maximum Gasteiger partial charge on any atom is 0.472 e. The van der Waals surface area contributed by atoms with Crippen LogP contribution in [0.5, 0.6) is 0 Å². The molecule has 5 atom stereocenters. The maximum absolute atomic E-state index is 13.2. The zero-order chi connectivity index (χ0) is 101. The summed E-state index contributed by atoms with van der Waals surface area (Å²) in [7, 11) is -9.83. The molecule has 0 aliphatic carbocycles. The molecule has 5 unspecified atom stereocenters. The number of rotatable bonds is 106. The molecule has 0 bridgehead atoms. The molecular formula is C121H206O16P2. The van der Waals surface area contributed by atoms with Gasteiger partial charge in [0.15, 0.2) is 6.10 Å². The van der Waals surface area contributed by atoms with E-state index in [1.165, 1.54) is 244 Å². The van der Waals surface area contributed by atoms with Crippen LogP contribution in [0.4, 0.5) is 0 Å². The molecule has 0 aliphatic heterocycles. The van der Waals surface area contributed by atoms with Crippen LogP contribution in [-0.4, -0.2) is 95.9 Å². The molecule has 0 rings (SSSR count). The number of phosphoric acid groups is 2. The molecule has 0 heterocycles. The van der Waals surface area contributed by atoms with Gasteiger partial charge in [0.25, 0.3) is 0 Å². The average molecular weight is 1980 g/mol. The van der Waals surface area contributed by atoms with E-state index in [4.69, 9.17) is 32.3 Å². The molecule has 0 fully saturated rings. The third kappa shape index (κ3) is 112. The summed E-state index contributed by atoms with van der Waals surface area (Å²) in [4.78, 5) is 59.4. The third-order valence-corrected chi connectivity index (χ3v) is 25.9. The summed E-state index contributed by atoms with van der Waals surface area (Å²) < 4.78 is 61.9. The molecule has 796 valence electrons.